The minimum atomic E-state index is -0.484. The number of nitrogens with zero attached hydrogens (tertiary/aromatic N) is 4. The maximum absolute atomic E-state index is 11.7. The normalized spacial score (nSPS) is 12.4. The fourth-order valence-corrected chi connectivity index (χ4v) is 2.16. The number of pyridine rings is 1. The molecule has 0 atom stereocenters. The molecule has 1 aliphatic rings. The van der Waals surface area contributed by atoms with E-state index in [0.717, 1.165) is 15.8 Å². The lowest BCUT2D eigenvalue weighted by Crippen LogP contribution is -2.28. The number of hydrogen-bond acceptors (Lipinski definition) is 5. The van der Waals surface area contributed by atoms with Crippen LogP contribution in [0.3, 0.4) is 0 Å². The van der Waals surface area contributed by atoms with E-state index in [4.69, 9.17) is 5.26 Å². The molecule has 0 aliphatic carbocycles. The van der Waals surface area contributed by atoms with Crippen molar-refractivity contribution in [2.75, 3.05) is 11.9 Å². The van der Waals surface area contributed by atoms with Crippen molar-refractivity contribution in [3.63, 3.8) is 0 Å². The molecule has 0 unspecified atom stereocenters. The molecule has 3 rings (SSSR count). The minimum Gasteiger partial charge on any atom is -0.323 e. The van der Waals surface area contributed by atoms with Gasteiger partial charge >= 0.3 is 6.03 Å². The zero-order valence-electron chi connectivity index (χ0n) is 10.8. The zero-order chi connectivity index (χ0) is 14.8. The van der Waals surface area contributed by atoms with Gasteiger partial charge < -0.3 is 10.6 Å². The molecule has 0 bridgehead atoms. The summed E-state index contributed by atoms with van der Waals surface area (Å²) in [5.74, 6) is 0.434. The Hall–Kier alpha value is -3.21. The third-order valence-electron chi connectivity index (χ3n) is 3.07. The van der Waals surface area contributed by atoms with Crippen LogP contribution < -0.4 is 10.6 Å². The van der Waals surface area contributed by atoms with Gasteiger partial charge in [0, 0.05) is 23.5 Å². The van der Waals surface area contributed by atoms with Gasteiger partial charge in [0.25, 0.3) is 0 Å². The van der Waals surface area contributed by atoms with E-state index in [1.165, 1.54) is 6.20 Å². The van der Waals surface area contributed by atoms with Crippen molar-refractivity contribution in [1.29, 1.82) is 5.26 Å². The van der Waals surface area contributed by atoms with Crippen molar-refractivity contribution < 1.29 is 9.59 Å². The first-order valence-corrected chi connectivity index (χ1v) is 6.17. The average Bonchev–Trinajstić information content (AvgIpc) is 3.09. The van der Waals surface area contributed by atoms with Crippen LogP contribution in [-0.2, 0) is 11.2 Å². The van der Waals surface area contributed by atoms with Crippen molar-refractivity contribution in [2.24, 2.45) is 0 Å². The van der Waals surface area contributed by atoms with Crippen LogP contribution in [0.1, 0.15) is 5.56 Å². The molecule has 3 heterocycles. The molecule has 0 aromatic carbocycles. The number of anilines is 1. The highest BCUT2D eigenvalue weighted by molar-refractivity contribution is 6.00. The summed E-state index contributed by atoms with van der Waals surface area (Å²) in [5.41, 5.74) is 2.30. The summed E-state index contributed by atoms with van der Waals surface area (Å²) in [4.78, 5) is 27.2. The van der Waals surface area contributed by atoms with Gasteiger partial charge in [-0.3, -0.25) is 4.79 Å². The van der Waals surface area contributed by atoms with Gasteiger partial charge in [-0.25, -0.2) is 9.78 Å². The molecule has 8 nitrogen and oxygen atoms in total. The number of fused-ring (bicyclic) bond motifs is 1. The Bertz CT molecular complexity index is 773. The molecular weight excluding hydrogens is 272 g/mol. The van der Waals surface area contributed by atoms with Gasteiger partial charge in [0.15, 0.2) is 0 Å². The Labute approximate surface area is 119 Å². The van der Waals surface area contributed by atoms with Gasteiger partial charge in [0.2, 0.25) is 5.91 Å². The van der Waals surface area contributed by atoms with E-state index in [2.05, 4.69) is 20.7 Å². The van der Waals surface area contributed by atoms with E-state index in [1.807, 2.05) is 6.07 Å². The number of nitriles is 1. The predicted molar refractivity (Wildman–Crippen MR) is 72.2 cm³/mol. The van der Waals surface area contributed by atoms with E-state index < -0.39 is 6.03 Å². The summed E-state index contributed by atoms with van der Waals surface area (Å²) in [6.07, 6.45) is 4.92. The quantitative estimate of drug-likeness (QED) is 0.780. The van der Waals surface area contributed by atoms with Crippen molar-refractivity contribution >= 4 is 17.8 Å². The lowest BCUT2D eigenvalue weighted by atomic mass is 10.0. The molecule has 0 fully saturated rings. The fraction of sp³-hybridized carbons (Fsp3) is 0.154. The zero-order valence-corrected chi connectivity index (χ0v) is 10.8. The lowest BCUT2D eigenvalue weighted by molar-refractivity contribution is -0.115. The molecule has 21 heavy (non-hydrogen) atoms. The third kappa shape index (κ3) is 2.32. The second-order valence-electron chi connectivity index (χ2n) is 4.40. The molecule has 8 heteroatoms. The predicted octanol–water partition coefficient (Wildman–Crippen LogP) is 0.521. The van der Waals surface area contributed by atoms with Gasteiger partial charge in [-0.2, -0.15) is 15.0 Å². The monoisotopic (exact) mass is 282 g/mol. The number of aromatic nitrogens is 3. The molecule has 1 aliphatic heterocycles. The van der Waals surface area contributed by atoms with Crippen LogP contribution in [0.4, 0.5) is 10.6 Å². The molecule has 0 spiro atoms. The van der Waals surface area contributed by atoms with Crippen molar-refractivity contribution in [3.8, 4) is 17.2 Å². The lowest BCUT2D eigenvalue weighted by Gasteiger charge is -2.03. The second-order valence-corrected chi connectivity index (χ2v) is 4.40. The minimum absolute atomic E-state index is 0.0862. The van der Waals surface area contributed by atoms with Crippen LogP contribution >= 0.6 is 0 Å². The van der Waals surface area contributed by atoms with Crippen molar-refractivity contribution in [1.82, 2.24) is 20.1 Å². The summed E-state index contributed by atoms with van der Waals surface area (Å²) in [6.45, 7) is -0.0862. The summed E-state index contributed by atoms with van der Waals surface area (Å²) in [5, 5.41) is 17.5. The Morgan fingerprint density at radius 2 is 2.43 bits per heavy atom. The summed E-state index contributed by atoms with van der Waals surface area (Å²) in [6, 6.07) is 3.11. The number of carbonyl (C=O) groups excluding carboxylic acids is 2. The Balaban J connectivity index is 1.92. The van der Waals surface area contributed by atoms with Gasteiger partial charge in [-0.1, -0.05) is 0 Å². The maximum atomic E-state index is 11.7. The van der Waals surface area contributed by atoms with E-state index in [0.29, 0.717) is 11.4 Å². The standard InChI is InChI=1S/C13H10N6O2/c14-2-4-16-13(21)19-7-8(6-17-19)9-1-3-15-12-10(9)5-11(20)18-12/h1,3,6-7H,4-5H2,(H,16,21)(H,15,18,20). The van der Waals surface area contributed by atoms with Gasteiger partial charge in [-0.15, -0.1) is 0 Å². The first-order valence-electron chi connectivity index (χ1n) is 6.17. The smallest absolute Gasteiger partial charge is 0.323 e. The molecule has 104 valence electrons. The van der Waals surface area contributed by atoms with Crippen LogP contribution in [0.5, 0.6) is 0 Å². The van der Waals surface area contributed by atoms with Gasteiger partial charge in [0.1, 0.15) is 12.4 Å². The highest BCUT2D eigenvalue weighted by Crippen LogP contribution is 2.31. The molecule has 0 saturated carbocycles. The summed E-state index contributed by atoms with van der Waals surface area (Å²) >= 11 is 0. The molecule has 2 aromatic heterocycles. The van der Waals surface area contributed by atoms with Crippen molar-refractivity contribution in [2.45, 2.75) is 6.42 Å². The van der Waals surface area contributed by atoms with Gasteiger partial charge in [0.05, 0.1) is 18.7 Å². The van der Waals surface area contributed by atoms with Gasteiger partial charge in [-0.05, 0) is 11.6 Å². The van der Waals surface area contributed by atoms with Crippen LogP contribution in [0, 0.1) is 11.3 Å². The fourth-order valence-electron chi connectivity index (χ4n) is 2.16. The first kappa shape index (κ1) is 12.8. The van der Waals surface area contributed by atoms with Crippen LogP contribution in [-0.4, -0.2) is 33.2 Å². The number of hydrogen-bond donors (Lipinski definition) is 2. The molecular formula is C13H10N6O2. The van der Waals surface area contributed by atoms with Crippen LogP contribution in [0.15, 0.2) is 24.7 Å². The van der Waals surface area contributed by atoms with E-state index >= 15 is 0 Å². The summed E-state index contributed by atoms with van der Waals surface area (Å²) < 4.78 is 1.11. The number of rotatable bonds is 2. The topological polar surface area (TPSA) is 113 Å². The molecule has 0 saturated heterocycles. The first-order chi connectivity index (χ1) is 10.2. The van der Waals surface area contributed by atoms with E-state index in [9.17, 15) is 9.59 Å². The van der Waals surface area contributed by atoms with Crippen molar-refractivity contribution in [3.05, 3.63) is 30.2 Å². The Kier molecular flexibility index (Phi) is 3.08. The molecule has 2 aromatic rings. The number of nitrogens with one attached hydrogen (secondary N) is 2. The Morgan fingerprint density at radius 3 is 3.24 bits per heavy atom. The van der Waals surface area contributed by atoms with E-state index in [1.54, 1.807) is 18.5 Å². The number of carbonyl (C=O) groups is 2. The highest BCUT2D eigenvalue weighted by atomic mass is 16.2. The van der Waals surface area contributed by atoms with Crippen LogP contribution in [0.25, 0.3) is 11.1 Å². The molecule has 2 amide bonds. The number of amides is 2. The maximum Gasteiger partial charge on any atom is 0.342 e. The second kappa shape index (κ2) is 5.05. The summed E-state index contributed by atoms with van der Waals surface area (Å²) in [7, 11) is 0. The largest absolute Gasteiger partial charge is 0.342 e. The average molecular weight is 282 g/mol. The Morgan fingerprint density at radius 1 is 1.57 bits per heavy atom. The van der Waals surface area contributed by atoms with E-state index in [-0.39, 0.29) is 18.9 Å². The highest BCUT2D eigenvalue weighted by Gasteiger charge is 2.23. The molecule has 0 radical (unpaired) electrons. The molecule has 2 N–H and O–H groups in total. The van der Waals surface area contributed by atoms with Crippen LogP contribution in [0.2, 0.25) is 0 Å². The SMILES string of the molecule is N#CCNC(=O)n1cc(-c2ccnc3c2CC(=O)N3)cn1. The third-order valence-corrected chi connectivity index (χ3v) is 3.07.